The topological polar surface area (TPSA) is 262 Å². The minimum atomic E-state index is -4.50. The highest BCUT2D eigenvalue weighted by Crippen LogP contribution is 2.57. The number of carbonyl (C=O) groups is 4. The van der Waals surface area contributed by atoms with E-state index < -0.39 is 84.4 Å². The van der Waals surface area contributed by atoms with Gasteiger partial charge in [-0.3, -0.25) is 27.5 Å². The number of nitrogens with one attached hydrogen (secondary N) is 2. The molecule has 1 aliphatic heterocycles. The number of esters is 1. The number of nitrogens with zero attached hydrogens (tertiary/aromatic N) is 3. The molecule has 4 N–H and O–H groups in total. The maximum absolute atomic E-state index is 14.9. The van der Waals surface area contributed by atoms with Gasteiger partial charge in [0.15, 0.2) is 10.9 Å². The number of allylic oxidation sites excluding steroid dienone is 1. The second-order valence-electron chi connectivity index (χ2n) is 23.1. The summed E-state index contributed by atoms with van der Waals surface area (Å²) in [4.78, 5) is 68.1. The first kappa shape index (κ1) is 59.1. The Kier molecular flexibility index (Phi) is 19.0. The Hall–Kier alpha value is -4.74. The number of aromatic nitrogens is 2. The Morgan fingerprint density at radius 2 is 1.58 bits per heavy atom. The molecule has 3 fully saturated rings. The molecule has 5 atom stereocenters. The Labute approximate surface area is 435 Å². The first-order valence-electron chi connectivity index (χ1n) is 24.6. The second-order valence-corrected chi connectivity index (χ2v) is 26.5. The van der Waals surface area contributed by atoms with Crippen LogP contribution in [0.25, 0.3) is 22.3 Å². The predicted molar refractivity (Wildman–Crippen MR) is 280 cm³/mol. The van der Waals surface area contributed by atoms with Crippen LogP contribution in [0, 0.1) is 33.5 Å². The van der Waals surface area contributed by atoms with Crippen molar-refractivity contribution in [3.8, 4) is 22.9 Å². The molecular weight excluding hydrogens is 1000 g/mol. The summed E-state index contributed by atoms with van der Waals surface area (Å²) >= 11 is 1.45. The molecule has 3 aromatic rings. The van der Waals surface area contributed by atoms with Crippen molar-refractivity contribution in [2.45, 2.75) is 152 Å². The third kappa shape index (κ3) is 17.1. The lowest BCUT2D eigenvalue weighted by molar-refractivity contribution is -0.156. The van der Waals surface area contributed by atoms with E-state index in [0.29, 0.717) is 33.8 Å². The van der Waals surface area contributed by atoms with Gasteiger partial charge in [0, 0.05) is 41.8 Å². The fraction of sp³-hybridized carbons (Fsp3) is 0.647. The van der Waals surface area contributed by atoms with Gasteiger partial charge in [0.05, 0.1) is 61.9 Å². The summed E-state index contributed by atoms with van der Waals surface area (Å²) in [7, 11) is -6.69. The summed E-state index contributed by atoms with van der Waals surface area (Å²) in [5.74, 6) is -2.52. The third-order valence-corrected chi connectivity index (χ3v) is 14.6. The van der Waals surface area contributed by atoms with Crippen LogP contribution in [0.3, 0.4) is 0 Å². The molecular formula is C51H76N6O13S3. The van der Waals surface area contributed by atoms with Gasteiger partial charge in [0.2, 0.25) is 11.8 Å². The number of ether oxygens (including phenoxy) is 3. The van der Waals surface area contributed by atoms with E-state index in [1.807, 2.05) is 71.6 Å². The zero-order chi connectivity index (χ0) is 54.5. The molecule has 0 radical (unpaired) electrons. The smallest absolute Gasteiger partial charge is 0.362 e. The largest absolute Gasteiger partial charge is 0.497 e. The number of likely N-dealkylation sites (tertiary alicyclic amines) is 1. The molecule has 406 valence electrons. The van der Waals surface area contributed by atoms with E-state index in [4.69, 9.17) is 28.4 Å². The number of anilines is 1. The summed E-state index contributed by atoms with van der Waals surface area (Å²) in [5.41, 5.74) is -1.06. The number of methoxy groups -OCH3 is 1. The van der Waals surface area contributed by atoms with Crippen LogP contribution in [0.1, 0.15) is 128 Å². The zero-order valence-electron chi connectivity index (χ0n) is 44.4. The maximum atomic E-state index is 14.9. The van der Waals surface area contributed by atoms with E-state index in [9.17, 15) is 36.0 Å². The monoisotopic (exact) mass is 1080 g/mol. The van der Waals surface area contributed by atoms with Crippen LogP contribution in [0.5, 0.6) is 11.5 Å². The van der Waals surface area contributed by atoms with E-state index in [2.05, 4.69) is 21.2 Å². The first-order chi connectivity index (χ1) is 33.7. The van der Waals surface area contributed by atoms with Gasteiger partial charge < -0.3 is 24.4 Å². The molecule has 2 saturated carbocycles. The predicted octanol–water partition coefficient (Wildman–Crippen LogP) is 7.90. The quantitative estimate of drug-likeness (QED) is 0.0717. The molecule has 19 nitrogen and oxygen atoms in total. The number of pyridine rings is 1. The first-order valence-corrected chi connectivity index (χ1v) is 28.4. The number of hydrogen-bond acceptors (Lipinski definition) is 17. The molecule has 22 heteroatoms. The van der Waals surface area contributed by atoms with E-state index in [1.165, 1.54) is 22.3 Å². The Morgan fingerprint density at radius 3 is 2.12 bits per heavy atom. The van der Waals surface area contributed by atoms with Crippen LogP contribution >= 0.6 is 11.3 Å². The van der Waals surface area contributed by atoms with E-state index in [1.54, 1.807) is 46.1 Å². The average molecular weight is 1080 g/mol. The Morgan fingerprint density at radius 1 is 0.932 bits per heavy atom. The lowest BCUT2D eigenvalue weighted by Gasteiger charge is -2.35. The van der Waals surface area contributed by atoms with Gasteiger partial charge in [-0.05, 0) is 80.2 Å². The molecule has 0 unspecified atom stereocenters. The van der Waals surface area contributed by atoms with Crippen LogP contribution in [-0.2, 0) is 52.9 Å². The van der Waals surface area contributed by atoms with Crippen LogP contribution < -0.4 is 24.7 Å². The number of nitrogens with two attached hydrogens (primary N) is 1. The van der Waals surface area contributed by atoms with Crippen molar-refractivity contribution in [3.63, 3.8) is 0 Å². The maximum Gasteiger partial charge on any atom is 0.362 e. The molecule has 2 aliphatic carbocycles. The lowest BCUT2D eigenvalue weighted by atomic mass is 9.77. The van der Waals surface area contributed by atoms with Gasteiger partial charge in [-0.1, -0.05) is 68.4 Å². The number of fused-ring (bicyclic) bond motifs is 1. The van der Waals surface area contributed by atoms with Crippen molar-refractivity contribution >= 4 is 71.5 Å². The van der Waals surface area contributed by atoms with Crippen LogP contribution in [0.2, 0.25) is 0 Å². The fourth-order valence-electron chi connectivity index (χ4n) is 8.59. The molecule has 2 amide bonds. The minimum Gasteiger partial charge on any atom is -0.497 e. The number of Topliss-reactive ketones (excluding diaryl/α,β-unsaturated/α-hetero) is 1. The van der Waals surface area contributed by atoms with Crippen molar-refractivity contribution in [1.82, 2.24) is 19.6 Å². The van der Waals surface area contributed by atoms with Crippen molar-refractivity contribution in [3.05, 3.63) is 42.3 Å². The van der Waals surface area contributed by atoms with E-state index >= 15 is 0 Å². The van der Waals surface area contributed by atoms with Gasteiger partial charge >= 0.3 is 26.6 Å². The number of hydrogen-bond donors (Lipinski definition) is 3. The van der Waals surface area contributed by atoms with Gasteiger partial charge in [-0.25, -0.2) is 19.8 Å². The van der Waals surface area contributed by atoms with Crippen molar-refractivity contribution in [2.24, 2.45) is 38.6 Å². The zero-order valence-corrected chi connectivity index (χ0v) is 46.8. The standard InChI is InChI=1S/C46H63N5O10S2.C5H13NO3S/c1-11-28-22-46(28,42(55)50-63(56,57)59-26-44(4,5)6)23-38(52)37-19-31(24-51(37)41(54)33(45(7,8)9)20-40(53)61-29-14-12-13-15-29)60-39-21-35(36-25-62-43(49-36)47-27(2)3)48-34-18-30(58-10)16-17-32(34)39;1-5(2,3)4-9-10(6,7)8/h11,16-18,21,25,27-29,31,33,37H,1,12-15,19-20,22-24,26H2,2-10H3,(H,47,49)(H,50,55);4H2,1-3H3,(H2,6,7,8)/t28-,31-,33-,37+,46-;/m1./s1. The van der Waals surface area contributed by atoms with Crippen molar-refractivity contribution in [1.29, 1.82) is 0 Å². The molecule has 6 rings (SSSR count). The highest BCUT2D eigenvalue weighted by atomic mass is 32.2. The fourth-order valence-corrected chi connectivity index (χ4v) is 11.0. The number of ketones is 1. The number of carbonyl (C=O) groups excluding carboxylic acids is 4. The van der Waals surface area contributed by atoms with Crippen molar-refractivity contribution in [2.75, 3.05) is 32.2 Å². The number of rotatable bonds is 20. The molecule has 0 spiro atoms. The summed E-state index contributed by atoms with van der Waals surface area (Å²) in [6.45, 7) is 24.4. The Balaban J connectivity index is 0.000000891. The highest BCUT2D eigenvalue weighted by molar-refractivity contribution is 7.85. The molecule has 1 saturated heterocycles. The minimum absolute atomic E-state index is 0.00688. The lowest BCUT2D eigenvalue weighted by Crippen LogP contribution is -2.48. The third-order valence-electron chi connectivity index (χ3n) is 12.6. The summed E-state index contributed by atoms with van der Waals surface area (Å²) in [5, 5.41) is 11.2. The van der Waals surface area contributed by atoms with Gasteiger partial charge in [-0.15, -0.1) is 17.9 Å². The summed E-state index contributed by atoms with van der Waals surface area (Å²) < 4.78 is 75.9. The SMILES string of the molecule is C=C[C@@H]1C[C@]1(CC(=O)[C@@H]1C[C@@H](Oc2cc(-c3csc(NC(C)C)n3)nc3cc(OC)ccc23)CN1C(=O)[C@@H](CC(=O)OC1CCCC1)C(C)(C)C)C(=O)NS(=O)(=O)OCC(C)(C)C.CC(C)(C)COS(N)(=O)=O. The summed E-state index contributed by atoms with van der Waals surface area (Å²) in [6, 6.07) is 6.32. The van der Waals surface area contributed by atoms with Gasteiger partial charge in [-0.2, -0.15) is 16.8 Å². The van der Waals surface area contributed by atoms with Crippen LogP contribution in [0.15, 0.2) is 42.3 Å². The molecule has 3 aliphatic rings. The number of thiazole rings is 1. The molecule has 3 heterocycles. The van der Waals surface area contributed by atoms with Gasteiger partial charge in [0.1, 0.15) is 29.4 Å². The number of benzene rings is 1. The van der Waals surface area contributed by atoms with Crippen molar-refractivity contribution < 1.29 is 58.6 Å². The molecule has 2 aromatic heterocycles. The van der Waals surface area contributed by atoms with Crippen LogP contribution in [0.4, 0.5) is 5.13 Å². The average Bonchev–Trinajstić information content (AvgIpc) is 3.68. The highest BCUT2D eigenvalue weighted by Gasteiger charge is 2.61. The van der Waals surface area contributed by atoms with Gasteiger partial charge in [0.25, 0.3) is 0 Å². The number of amides is 2. The van der Waals surface area contributed by atoms with E-state index in [-0.39, 0.29) is 63.0 Å². The molecule has 1 aromatic carbocycles. The Bertz CT molecular complexity index is 2700. The normalized spacial score (nSPS) is 21.0. The molecule has 73 heavy (non-hydrogen) atoms. The molecule has 0 bridgehead atoms. The summed E-state index contributed by atoms with van der Waals surface area (Å²) in [6.07, 6.45) is 3.85. The van der Waals surface area contributed by atoms with Crippen LogP contribution in [-0.4, -0.2) is 106 Å². The second kappa shape index (κ2) is 23.4. The van der Waals surface area contributed by atoms with E-state index in [0.717, 1.165) is 30.8 Å².